The summed E-state index contributed by atoms with van der Waals surface area (Å²) < 4.78 is 43.7. The van der Waals surface area contributed by atoms with Crippen LogP contribution in [0.4, 0.5) is 22.8 Å². The molecule has 0 radical (unpaired) electrons. The maximum absolute atomic E-state index is 13.0. The van der Waals surface area contributed by atoms with E-state index in [1.807, 2.05) is 31.2 Å². The van der Waals surface area contributed by atoms with Crippen LogP contribution in [0, 0.1) is 6.92 Å². The number of nitrogens with zero attached hydrogens (tertiary/aromatic N) is 5. The van der Waals surface area contributed by atoms with Crippen LogP contribution >= 0.6 is 0 Å². The largest absolute Gasteiger partial charge is 0.451 e. The number of aryl methyl sites for hydroxylation is 1. The molecule has 1 aliphatic heterocycles. The third-order valence-corrected chi connectivity index (χ3v) is 5.39. The quantitative estimate of drug-likeness (QED) is 0.657. The highest BCUT2D eigenvalue weighted by Gasteiger charge is 2.38. The first-order valence-electron chi connectivity index (χ1n) is 11.2. The Morgan fingerprint density at radius 3 is 2.25 bits per heavy atom. The molecule has 36 heavy (non-hydrogen) atoms. The second kappa shape index (κ2) is 10.1. The van der Waals surface area contributed by atoms with Crippen LogP contribution in [0.5, 0.6) is 0 Å². The van der Waals surface area contributed by atoms with Crippen molar-refractivity contribution in [3.8, 4) is 0 Å². The van der Waals surface area contributed by atoms with E-state index in [1.54, 1.807) is 34.7 Å². The number of hydrogen-bond acceptors (Lipinski definition) is 6. The standard InChI is InChI=1S/C24H29F3N6O3/c1-14-7-9-16(10-8-14)19-18(32(6)22(35)36-23(3,4)5)13-33(31-19)21(34)30-15(2)17-11-28-20(29-12-17)24(25,26)27/h7-12,15,18H,13H2,1-6H3,(H,30,34)/t15-,18?/m1/s1. The molecule has 0 spiro atoms. The molecule has 1 aliphatic rings. The number of urea groups is 1. The highest BCUT2D eigenvalue weighted by molar-refractivity contribution is 6.07. The van der Waals surface area contributed by atoms with Crippen LogP contribution in [0.2, 0.25) is 0 Å². The molecule has 0 saturated carbocycles. The summed E-state index contributed by atoms with van der Waals surface area (Å²) >= 11 is 0. The first-order chi connectivity index (χ1) is 16.7. The fourth-order valence-corrected chi connectivity index (χ4v) is 3.41. The van der Waals surface area contributed by atoms with Gasteiger partial charge >= 0.3 is 18.3 Å². The number of hydrogen-bond donors (Lipinski definition) is 1. The minimum absolute atomic E-state index is 0.0566. The minimum Gasteiger partial charge on any atom is -0.444 e. The van der Waals surface area contributed by atoms with E-state index in [1.165, 1.54) is 9.91 Å². The molecule has 0 saturated heterocycles. The number of carbonyl (C=O) groups is 2. The zero-order valence-electron chi connectivity index (χ0n) is 20.9. The molecule has 1 unspecified atom stereocenters. The number of aromatic nitrogens is 2. The summed E-state index contributed by atoms with van der Waals surface area (Å²) in [6.45, 7) is 8.86. The lowest BCUT2D eigenvalue weighted by Crippen LogP contribution is -2.47. The minimum atomic E-state index is -4.66. The van der Waals surface area contributed by atoms with E-state index >= 15 is 0 Å². The third-order valence-electron chi connectivity index (χ3n) is 5.39. The number of rotatable bonds is 4. The number of halogens is 3. The molecule has 1 N–H and O–H groups in total. The molecule has 2 aromatic rings. The number of benzene rings is 1. The van der Waals surface area contributed by atoms with Crippen molar-refractivity contribution in [2.24, 2.45) is 5.10 Å². The van der Waals surface area contributed by atoms with Gasteiger partial charge in [0.15, 0.2) is 0 Å². The Labute approximate surface area is 207 Å². The van der Waals surface area contributed by atoms with Gasteiger partial charge in [0.2, 0.25) is 5.82 Å². The molecular weight excluding hydrogens is 477 g/mol. The Kier molecular flexibility index (Phi) is 7.56. The van der Waals surface area contributed by atoms with E-state index in [2.05, 4.69) is 20.4 Å². The van der Waals surface area contributed by atoms with Gasteiger partial charge in [-0.25, -0.2) is 24.6 Å². The monoisotopic (exact) mass is 506 g/mol. The normalized spacial score (nSPS) is 16.9. The second-order valence-corrected chi connectivity index (χ2v) is 9.55. The molecule has 0 bridgehead atoms. The smallest absolute Gasteiger partial charge is 0.444 e. The predicted molar refractivity (Wildman–Crippen MR) is 126 cm³/mol. The van der Waals surface area contributed by atoms with Crippen LogP contribution in [0.15, 0.2) is 41.8 Å². The number of nitrogens with one attached hydrogen (secondary N) is 1. The molecule has 1 aromatic heterocycles. The molecule has 2 atom stereocenters. The number of amides is 3. The fraction of sp³-hybridized carbons (Fsp3) is 0.458. The fourth-order valence-electron chi connectivity index (χ4n) is 3.41. The predicted octanol–water partition coefficient (Wildman–Crippen LogP) is 4.53. The van der Waals surface area contributed by atoms with Crippen molar-refractivity contribution < 1.29 is 27.5 Å². The van der Waals surface area contributed by atoms with Crippen LogP contribution in [0.3, 0.4) is 0 Å². The van der Waals surface area contributed by atoms with Crippen molar-refractivity contribution in [3.05, 3.63) is 59.2 Å². The van der Waals surface area contributed by atoms with Crippen molar-refractivity contribution in [2.75, 3.05) is 13.6 Å². The highest BCUT2D eigenvalue weighted by atomic mass is 19.4. The van der Waals surface area contributed by atoms with E-state index < -0.39 is 41.8 Å². The van der Waals surface area contributed by atoms with Crippen LogP contribution < -0.4 is 5.32 Å². The first kappa shape index (κ1) is 26.9. The summed E-state index contributed by atoms with van der Waals surface area (Å²) in [5, 5.41) is 8.34. The topological polar surface area (TPSA) is 100 Å². The molecule has 0 aliphatic carbocycles. The lowest BCUT2D eigenvalue weighted by atomic mass is 10.0. The number of likely N-dealkylation sites (N-methyl/N-ethyl adjacent to an activating group) is 1. The SMILES string of the molecule is Cc1ccc(C2=NN(C(=O)N[C@H](C)c3cnc(C(F)(F)F)nc3)CC2N(C)C(=O)OC(C)(C)C)cc1. The Morgan fingerprint density at radius 2 is 1.72 bits per heavy atom. The van der Waals surface area contributed by atoms with Crippen molar-refractivity contribution in [2.45, 2.75) is 58.5 Å². The van der Waals surface area contributed by atoms with Gasteiger partial charge in [-0.15, -0.1) is 0 Å². The summed E-state index contributed by atoms with van der Waals surface area (Å²) in [7, 11) is 1.58. The lowest BCUT2D eigenvalue weighted by molar-refractivity contribution is -0.145. The molecule has 3 rings (SSSR count). The zero-order chi connectivity index (χ0) is 26.8. The Hall–Kier alpha value is -3.70. The Balaban J connectivity index is 1.80. The lowest BCUT2D eigenvalue weighted by Gasteiger charge is -2.29. The van der Waals surface area contributed by atoms with Crippen LogP contribution in [-0.2, 0) is 10.9 Å². The van der Waals surface area contributed by atoms with Gasteiger partial charge in [0, 0.05) is 25.0 Å². The van der Waals surface area contributed by atoms with Crippen LogP contribution in [-0.4, -0.2) is 62.9 Å². The van der Waals surface area contributed by atoms with Gasteiger partial charge in [-0.2, -0.15) is 18.3 Å². The summed E-state index contributed by atoms with van der Waals surface area (Å²) in [6.07, 6.45) is -3.18. The van der Waals surface area contributed by atoms with Crippen molar-refractivity contribution in [1.82, 2.24) is 25.2 Å². The zero-order valence-corrected chi connectivity index (χ0v) is 20.9. The maximum Gasteiger partial charge on any atom is 0.451 e. The average molecular weight is 507 g/mol. The van der Waals surface area contributed by atoms with Gasteiger partial charge in [-0.05, 0) is 40.2 Å². The molecule has 12 heteroatoms. The van der Waals surface area contributed by atoms with E-state index in [0.717, 1.165) is 23.5 Å². The average Bonchev–Trinajstić information content (AvgIpc) is 3.23. The number of carbonyl (C=O) groups excluding carboxylic acids is 2. The Morgan fingerprint density at radius 1 is 1.14 bits per heavy atom. The molecule has 9 nitrogen and oxygen atoms in total. The molecule has 194 valence electrons. The summed E-state index contributed by atoms with van der Waals surface area (Å²) in [6, 6.07) is 5.64. The van der Waals surface area contributed by atoms with E-state index in [-0.39, 0.29) is 6.54 Å². The highest BCUT2D eigenvalue weighted by Crippen LogP contribution is 2.26. The molecule has 3 amide bonds. The first-order valence-corrected chi connectivity index (χ1v) is 11.2. The number of ether oxygens (including phenoxy) is 1. The van der Waals surface area contributed by atoms with Gasteiger partial charge in [0.25, 0.3) is 0 Å². The van der Waals surface area contributed by atoms with E-state index in [0.29, 0.717) is 11.3 Å². The second-order valence-electron chi connectivity index (χ2n) is 9.55. The molecule has 0 fully saturated rings. The maximum atomic E-state index is 13.0. The molecule has 1 aromatic carbocycles. The van der Waals surface area contributed by atoms with Crippen molar-refractivity contribution in [3.63, 3.8) is 0 Å². The van der Waals surface area contributed by atoms with Crippen LogP contribution in [0.1, 0.15) is 56.3 Å². The van der Waals surface area contributed by atoms with Crippen molar-refractivity contribution in [1.29, 1.82) is 0 Å². The number of alkyl halides is 3. The number of hydrazone groups is 1. The summed E-state index contributed by atoms with van der Waals surface area (Å²) in [4.78, 5) is 33.8. The van der Waals surface area contributed by atoms with E-state index in [9.17, 15) is 22.8 Å². The van der Waals surface area contributed by atoms with Crippen molar-refractivity contribution >= 4 is 17.8 Å². The van der Waals surface area contributed by atoms with Gasteiger partial charge in [-0.3, -0.25) is 0 Å². The van der Waals surface area contributed by atoms with Gasteiger partial charge < -0.3 is 15.0 Å². The summed E-state index contributed by atoms with van der Waals surface area (Å²) in [5.74, 6) is -1.26. The molecular formula is C24H29F3N6O3. The van der Waals surface area contributed by atoms with Gasteiger partial charge in [-0.1, -0.05) is 29.8 Å². The summed E-state index contributed by atoms with van der Waals surface area (Å²) in [5.41, 5.74) is 1.86. The third kappa shape index (κ3) is 6.49. The van der Waals surface area contributed by atoms with Gasteiger partial charge in [0.05, 0.1) is 24.3 Å². The van der Waals surface area contributed by atoms with Crippen LogP contribution in [0.25, 0.3) is 0 Å². The van der Waals surface area contributed by atoms with Gasteiger partial charge in [0.1, 0.15) is 5.60 Å². The van der Waals surface area contributed by atoms with E-state index in [4.69, 9.17) is 4.74 Å². The molecule has 2 heterocycles. The Bertz CT molecular complexity index is 1130.